The van der Waals surface area contributed by atoms with Crippen molar-refractivity contribution >= 4 is 17.5 Å². The van der Waals surface area contributed by atoms with Gasteiger partial charge in [-0.05, 0) is 73.6 Å². The number of aryl methyl sites for hydroxylation is 1. The highest BCUT2D eigenvalue weighted by atomic mass is 16.2. The third kappa shape index (κ3) is 5.00. The first-order chi connectivity index (χ1) is 18.3. The lowest BCUT2D eigenvalue weighted by Gasteiger charge is -2.23. The lowest BCUT2D eigenvalue weighted by molar-refractivity contribution is 0.0775. The second-order valence-corrected chi connectivity index (χ2v) is 10.2. The number of carbonyl (C=O) groups is 2. The predicted octanol–water partition coefficient (Wildman–Crippen LogP) is 5.31. The van der Waals surface area contributed by atoms with Gasteiger partial charge in [-0.3, -0.25) is 9.59 Å². The van der Waals surface area contributed by atoms with Crippen molar-refractivity contribution in [3.63, 3.8) is 0 Å². The molecule has 5 rings (SSSR count). The Morgan fingerprint density at radius 2 is 1.55 bits per heavy atom. The van der Waals surface area contributed by atoms with Crippen LogP contribution in [0.15, 0.2) is 84.9 Å². The van der Waals surface area contributed by atoms with Crippen LogP contribution < -0.4 is 4.90 Å². The molecule has 1 aliphatic rings. The van der Waals surface area contributed by atoms with Crippen molar-refractivity contribution in [2.24, 2.45) is 0 Å². The molecule has 2 heterocycles. The summed E-state index contributed by atoms with van der Waals surface area (Å²) in [5.41, 5.74) is 7.44. The summed E-state index contributed by atoms with van der Waals surface area (Å²) in [5.74, 6) is -0.0618. The zero-order chi connectivity index (χ0) is 26.8. The summed E-state index contributed by atoms with van der Waals surface area (Å²) in [4.78, 5) is 33.0. The van der Waals surface area contributed by atoms with E-state index in [4.69, 9.17) is 0 Å². The molecule has 0 bridgehead atoms. The van der Waals surface area contributed by atoms with Crippen molar-refractivity contribution in [3.05, 3.63) is 113 Å². The zero-order valence-corrected chi connectivity index (χ0v) is 22.5. The van der Waals surface area contributed by atoms with Gasteiger partial charge in [0.1, 0.15) is 5.69 Å². The number of nitrogens with zero attached hydrogens (tertiary/aromatic N) is 4. The summed E-state index contributed by atoms with van der Waals surface area (Å²) in [5, 5.41) is 0. The van der Waals surface area contributed by atoms with Gasteiger partial charge in [-0.2, -0.15) is 0 Å². The molecule has 0 atom stereocenters. The van der Waals surface area contributed by atoms with E-state index >= 15 is 0 Å². The van der Waals surface area contributed by atoms with Crippen molar-refractivity contribution in [1.29, 1.82) is 0 Å². The van der Waals surface area contributed by atoms with Gasteiger partial charge < -0.3 is 19.3 Å². The van der Waals surface area contributed by atoms with Crippen LogP contribution in [0.4, 0.5) is 5.69 Å². The minimum atomic E-state index is -0.0502. The highest BCUT2D eigenvalue weighted by Crippen LogP contribution is 2.32. The molecule has 0 saturated heterocycles. The molecule has 1 aliphatic heterocycles. The summed E-state index contributed by atoms with van der Waals surface area (Å²) < 4.78 is 2.06. The number of rotatable bonds is 6. The summed E-state index contributed by atoms with van der Waals surface area (Å²) in [6, 6.07) is 28.0. The van der Waals surface area contributed by atoms with Gasteiger partial charge in [-0.25, -0.2) is 0 Å². The van der Waals surface area contributed by atoms with Crippen LogP contribution >= 0.6 is 0 Å². The molecule has 2 amide bonds. The monoisotopic (exact) mass is 506 g/mol. The van der Waals surface area contributed by atoms with Gasteiger partial charge in [0.2, 0.25) is 0 Å². The van der Waals surface area contributed by atoms with Crippen LogP contribution in [0.5, 0.6) is 0 Å². The van der Waals surface area contributed by atoms with E-state index in [0.29, 0.717) is 30.9 Å². The number of anilines is 1. The van der Waals surface area contributed by atoms with E-state index in [-0.39, 0.29) is 11.8 Å². The van der Waals surface area contributed by atoms with Gasteiger partial charge in [-0.15, -0.1) is 0 Å². The van der Waals surface area contributed by atoms with Gasteiger partial charge >= 0.3 is 0 Å². The maximum Gasteiger partial charge on any atom is 0.270 e. The smallest absolute Gasteiger partial charge is 0.270 e. The minimum absolute atomic E-state index is 0.0116. The number of likely N-dealkylation sites (N-methyl/N-ethyl adjacent to an activating group) is 2. The number of fused-ring (bicyclic) bond motifs is 2. The third-order valence-electron chi connectivity index (χ3n) is 7.25. The van der Waals surface area contributed by atoms with Gasteiger partial charge in [-0.1, -0.05) is 54.6 Å². The van der Waals surface area contributed by atoms with Crippen molar-refractivity contribution in [3.8, 4) is 11.1 Å². The second kappa shape index (κ2) is 10.7. The van der Waals surface area contributed by atoms with E-state index in [9.17, 15) is 9.59 Å². The first-order valence-electron chi connectivity index (χ1n) is 13.0. The molecule has 0 aliphatic carbocycles. The Morgan fingerprint density at radius 3 is 2.29 bits per heavy atom. The molecule has 0 saturated carbocycles. The molecule has 4 aromatic rings. The molecular formula is C32H34N4O2. The second-order valence-electron chi connectivity index (χ2n) is 10.2. The number of amides is 2. The Bertz CT molecular complexity index is 1470. The highest BCUT2D eigenvalue weighted by Gasteiger charge is 2.28. The number of hydrogen-bond acceptors (Lipinski definition) is 3. The highest BCUT2D eigenvalue weighted by molar-refractivity contribution is 6.07. The molecule has 6 heteroatoms. The van der Waals surface area contributed by atoms with E-state index < -0.39 is 0 Å². The van der Waals surface area contributed by atoms with E-state index in [1.807, 2.05) is 106 Å². The van der Waals surface area contributed by atoms with Crippen LogP contribution in [0, 0.1) is 6.92 Å². The molecule has 3 aromatic carbocycles. The van der Waals surface area contributed by atoms with E-state index in [1.165, 1.54) is 0 Å². The van der Waals surface area contributed by atoms with E-state index in [2.05, 4.69) is 21.6 Å². The Balaban J connectivity index is 1.47. The van der Waals surface area contributed by atoms with Gasteiger partial charge in [0, 0.05) is 37.1 Å². The lowest BCUT2D eigenvalue weighted by Crippen LogP contribution is -2.34. The fourth-order valence-corrected chi connectivity index (χ4v) is 5.07. The van der Waals surface area contributed by atoms with Crippen LogP contribution in [-0.4, -0.2) is 60.4 Å². The van der Waals surface area contributed by atoms with E-state index in [1.54, 1.807) is 4.90 Å². The molecule has 0 radical (unpaired) electrons. The summed E-state index contributed by atoms with van der Waals surface area (Å²) in [6.07, 6.45) is 0. The standard InChI is InChI=1S/C32H34N4O2/c1-23-20-25(14-16-28(23)24-10-6-5-7-11-24)31(37)36-22-27-15-17-30(32(38)34(4)19-18-33(2)3)35(27)21-26-12-8-9-13-29(26)36/h5-17,20H,18-19,21-22H2,1-4H3. The summed E-state index contributed by atoms with van der Waals surface area (Å²) in [7, 11) is 5.84. The van der Waals surface area contributed by atoms with Crippen molar-refractivity contribution < 1.29 is 9.59 Å². The summed E-state index contributed by atoms with van der Waals surface area (Å²) >= 11 is 0. The average molecular weight is 507 g/mol. The molecule has 0 N–H and O–H groups in total. The number of aromatic nitrogens is 1. The van der Waals surface area contributed by atoms with Crippen LogP contribution in [0.3, 0.4) is 0 Å². The van der Waals surface area contributed by atoms with Crippen LogP contribution in [0.2, 0.25) is 0 Å². The molecule has 0 unspecified atom stereocenters. The molecule has 0 fully saturated rings. The average Bonchev–Trinajstić information content (AvgIpc) is 3.24. The first kappa shape index (κ1) is 25.5. The van der Waals surface area contributed by atoms with Crippen molar-refractivity contribution in [2.45, 2.75) is 20.0 Å². The van der Waals surface area contributed by atoms with Gasteiger partial charge in [0.05, 0.1) is 13.1 Å². The Morgan fingerprint density at radius 1 is 0.816 bits per heavy atom. The third-order valence-corrected chi connectivity index (χ3v) is 7.25. The molecule has 0 spiro atoms. The number of carbonyl (C=O) groups excluding carboxylic acids is 2. The van der Waals surface area contributed by atoms with Gasteiger partial charge in [0.15, 0.2) is 0 Å². The quantitative estimate of drug-likeness (QED) is 0.356. The largest absolute Gasteiger partial charge is 0.339 e. The van der Waals surface area contributed by atoms with Crippen LogP contribution in [0.25, 0.3) is 11.1 Å². The molecule has 38 heavy (non-hydrogen) atoms. The summed E-state index contributed by atoms with van der Waals surface area (Å²) in [6.45, 7) is 4.42. The van der Waals surface area contributed by atoms with Crippen molar-refractivity contribution in [2.75, 3.05) is 39.1 Å². The molecule has 6 nitrogen and oxygen atoms in total. The fraction of sp³-hybridized carbons (Fsp3) is 0.250. The topological polar surface area (TPSA) is 48.8 Å². The van der Waals surface area contributed by atoms with E-state index in [0.717, 1.165) is 40.2 Å². The van der Waals surface area contributed by atoms with Gasteiger partial charge in [0.25, 0.3) is 11.8 Å². The fourth-order valence-electron chi connectivity index (χ4n) is 5.07. The maximum absolute atomic E-state index is 14.0. The number of para-hydroxylation sites is 1. The van der Waals surface area contributed by atoms with Crippen molar-refractivity contribution in [1.82, 2.24) is 14.4 Å². The number of benzene rings is 3. The lowest BCUT2D eigenvalue weighted by atomic mass is 9.98. The van der Waals surface area contributed by atoms with Crippen LogP contribution in [0.1, 0.15) is 37.7 Å². The first-order valence-corrected chi connectivity index (χ1v) is 13.0. The molecule has 1 aromatic heterocycles. The predicted molar refractivity (Wildman–Crippen MR) is 153 cm³/mol. The normalized spacial score (nSPS) is 12.6. The van der Waals surface area contributed by atoms with Crippen LogP contribution in [-0.2, 0) is 13.1 Å². The number of hydrogen-bond donors (Lipinski definition) is 0. The minimum Gasteiger partial charge on any atom is -0.339 e. The Hall–Kier alpha value is -4.16. The molecular weight excluding hydrogens is 472 g/mol. The molecule has 194 valence electrons. The Kier molecular flexibility index (Phi) is 7.16. The SMILES string of the molecule is Cc1cc(C(=O)N2Cc3ccc(C(=O)N(C)CCN(C)C)n3Cc3ccccc32)ccc1-c1ccccc1. The Labute approximate surface area is 224 Å². The zero-order valence-electron chi connectivity index (χ0n) is 22.5. The maximum atomic E-state index is 14.0.